The predicted molar refractivity (Wildman–Crippen MR) is 84.0 cm³/mol. The lowest BCUT2D eigenvalue weighted by Crippen LogP contribution is -2.30. The quantitative estimate of drug-likeness (QED) is 0.886. The van der Waals surface area contributed by atoms with Crippen LogP contribution in [-0.2, 0) is 6.54 Å². The van der Waals surface area contributed by atoms with Crippen molar-refractivity contribution < 1.29 is 9.53 Å². The fourth-order valence-corrected chi connectivity index (χ4v) is 2.31. The van der Waals surface area contributed by atoms with Crippen LogP contribution in [0.5, 0.6) is 5.88 Å². The summed E-state index contributed by atoms with van der Waals surface area (Å²) in [6, 6.07) is 5.47. The van der Waals surface area contributed by atoms with Crippen LogP contribution in [0.1, 0.15) is 28.7 Å². The summed E-state index contributed by atoms with van der Waals surface area (Å²) in [5.74, 6) is 0.431. The second-order valence-corrected chi connectivity index (χ2v) is 5.48. The highest BCUT2D eigenvalue weighted by molar-refractivity contribution is 5.96. The van der Waals surface area contributed by atoms with Crippen LogP contribution >= 0.6 is 0 Å². The van der Waals surface area contributed by atoms with E-state index in [4.69, 9.17) is 4.74 Å². The van der Waals surface area contributed by atoms with Crippen molar-refractivity contribution in [2.45, 2.75) is 27.3 Å². The smallest absolute Gasteiger partial charge is 0.256 e. The third kappa shape index (κ3) is 3.84. The Kier molecular flexibility index (Phi) is 5.14. The molecule has 0 aliphatic heterocycles. The van der Waals surface area contributed by atoms with Gasteiger partial charge < -0.3 is 10.1 Å². The highest BCUT2D eigenvalue weighted by Crippen LogP contribution is 2.13. The van der Waals surface area contributed by atoms with Crippen LogP contribution in [0, 0.1) is 19.8 Å². The van der Waals surface area contributed by atoms with E-state index in [0.717, 1.165) is 17.9 Å². The number of rotatable bonds is 6. The molecule has 0 saturated carbocycles. The van der Waals surface area contributed by atoms with Crippen molar-refractivity contribution in [3.05, 3.63) is 41.3 Å². The van der Waals surface area contributed by atoms with Crippen molar-refractivity contribution in [1.29, 1.82) is 0 Å². The van der Waals surface area contributed by atoms with Crippen molar-refractivity contribution in [3.8, 4) is 5.88 Å². The van der Waals surface area contributed by atoms with Crippen LogP contribution in [0.3, 0.4) is 0 Å². The van der Waals surface area contributed by atoms with E-state index in [1.807, 2.05) is 24.6 Å². The number of hydrogen-bond donors (Lipinski definition) is 1. The number of hydrogen-bond acceptors (Lipinski definition) is 4. The molecule has 2 aromatic heterocycles. The standard InChI is InChI=1S/C16H22N4O2/c1-11(10-20-13(3)8-12(2)19-20)9-18-15(21)14-6-5-7-17-16(14)22-4/h5-8,11H,9-10H2,1-4H3,(H,18,21). The Labute approximate surface area is 130 Å². The molecule has 22 heavy (non-hydrogen) atoms. The van der Waals surface area contributed by atoms with Gasteiger partial charge in [-0.15, -0.1) is 0 Å². The van der Waals surface area contributed by atoms with Gasteiger partial charge in [-0.05, 0) is 38.0 Å². The van der Waals surface area contributed by atoms with Gasteiger partial charge in [0.25, 0.3) is 5.91 Å². The molecule has 0 fully saturated rings. The van der Waals surface area contributed by atoms with Crippen LogP contribution < -0.4 is 10.1 Å². The van der Waals surface area contributed by atoms with Gasteiger partial charge in [-0.3, -0.25) is 9.48 Å². The number of ether oxygens (including phenoxy) is 1. The third-order valence-electron chi connectivity index (χ3n) is 3.41. The van der Waals surface area contributed by atoms with Gasteiger partial charge in [0, 0.05) is 25.0 Å². The summed E-state index contributed by atoms with van der Waals surface area (Å²) in [5.41, 5.74) is 2.58. The number of carbonyl (C=O) groups is 1. The minimum Gasteiger partial charge on any atom is -0.480 e. The molecule has 0 spiro atoms. The molecule has 1 N–H and O–H groups in total. The van der Waals surface area contributed by atoms with Gasteiger partial charge in [-0.2, -0.15) is 5.10 Å². The lowest BCUT2D eigenvalue weighted by Gasteiger charge is -2.14. The van der Waals surface area contributed by atoms with E-state index in [1.165, 1.54) is 7.11 Å². The van der Waals surface area contributed by atoms with Gasteiger partial charge in [-0.1, -0.05) is 6.92 Å². The molecular formula is C16H22N4O2. The zero-order valence-corrected chi connectivity index (χ0v) is 13.5. The molecule has 0 aliphatic carbocycles. The topological polar surface area (TPSA) is 69.0 Å². The molecule has 0 radical (unpaired) electrons. The zero-order valence-electron chi connectivity index (χ0n) is 13.5. The first-order valence-corrected chi connectivity index (χ1v) is 7.29. The minimum atomic E-state index is -0.176. The number of nitrogens with zero attached hydrogens (tertiary/aromatic N) is 3. The number of aryl methyl sites for hydroxylation is 2. The fraction of sp³-hybridized carbons (Fsp3) is 0.438. The Morgan fingerprint density at radius 1 is 1.45 bits per heavy atom. The van der Waals surface area contributed by atoms with E-state index < -0.39 is 0 Å². The Bertz CT molecular complexity index is 651. The average molecular weight is 302 g/mol. The summed E-state index contributed by atoms with van der Waals surface area (Å²) in [4.78, 5) is 16.2. The minimum absolute atomic E-state index is 0.176. The van der Waals surface area contributed by atoms with Crippen molar-refractivity contribution in [2.24, 2.45) is 5.92 Å². The Hall–Kier alpha value is -2.37. The number of carbonyl (C=O) groups excluding carboxylic acids is 1. The van der Waals surface area contributed by atoms with Gasteiger partial charge in [0.15, 0.2) is 0 Å². The van der Waals surface area contributed by atoms with Gasteiger partial charge in [-0.25, -0.2) is 4.98 Å². The monoisotopic (exact) mass is 302 g/mol. The average Bonchev–Trinajstić information content (AvgIpc) is 2.82. The Morgan fingerprint density at radius 3 is 2.86 bits per heavy atom. The summed E-state index contributed by atoms with van der Waals surface area (Å²) < 4.78 is 7.07. The molecule has 1 unspecified atom stereocenters. The molecule has 0 aliphatic rings. The lowest BCUT2D eigenvalue weighted by molar-refractivity contribution is 0.0942. The fourth-order valence-electron chi connectivity index (χ4n) is 2.31. The maximum atomic E-state index is 12.2. The largest absolute Gasteiger partial charge is 0.480 e. The molecule has 1 amide bonds. The van der Waals surface area contributed by atoms with E-state index in [9.17, 15) is 4.79 Å². The lowest BCUT2D eigenvalue weighted by atomic mass is 10.1. The predicted octanol–water partition coefficient (Wildman–Crippen LogP) is 1.97. The van der Waals surface area contributed by atoms with Crippen molar-refractivity contribution in [1.82, 2.24) is 20.1 Å². The highest BCUT2D eigenvalue weighted by Gasteiger charge is 2.14. The molecule has 2 aromatic rings. The number of amides is 1. The van der Waals surface area contributed by atoms with E-state index >= 15 is 0 Å². The first kappa shape index (κ1) is 16.0. The molecule has 1 atom stereocenters. The molecule has 118 valence electrons. The number of nitrogens with one attached hydrogen (secondary N) is 1. The summed E-state index contributed by atoms with van der Waals surface area (Å²) >= 11 is 0. The van der Waals surface area contributed by atoms with E-state index in [-0.39, 0.29) is 11.8 Å². The molecule has 0 bridgehead atoms. The second-order valence-electron chi connectivity index (χ2n) is 5.48. The van der Waals surface area contributed by atoms with Gasteiger partial charge in [0.05, 0.1) is 12.8 Å². The van der Waals surface area contributed by atoms with Crippen LogP contribution in [-0.4, -0.2) is 34.3 Å². The molecule has 2 heterocycles. The first-order chi connectivity index (χ1) is 10.5. The van der Waals surface area contributed by atoms with Crippen LogP contribution in [0.15, 0.2) is 24.4 Å². The number of aromatic nitrogens is 3. The summed E-state index contributed by atoms with van der Waals surface area (Å²) in [7, 11) is 1.50. The van der Waals surface area contributed by atoms with Gasteiger partial charge in [0.1, 0.15) is 5.56 Å². The molecular weight excluding hydrogens is 280 g/mol. The molecule has 6 nitrogen and oxygen atoms in total. The van der Waals surface area contributed by atoms with E-state index in [2.05, 4.69) is 22.3 Å². The molecule has 6 heteroatoms. The van der Waals surface area contributed by atoms with Crippen LogP contribution in [0.2, 0.25) is 0 Å². The maximum absolute atomic E-state index is 12.2. The number of methoxy groups -OCH3 is 1. The van der Waals surface area contributed by atoms with E-state index in [1.54, 1.807) is 18.3 Å². The van der Waals surface area contributed by atoms with Crippen LogP contribution in [0.25, 0.3) is 0 Å². The van der Waals surface area contributed by atoms with Crippen LogP contribution in [0.4, 0.5) is 0 Å². The highest BCUT2D eigenvalue weighted by atomic mass is 16.5. The summed E-state index contributed by atoms with van der Waals surface area (Å²) in [6.07, 6.45) is 1.60. The normalized spacial score (nSPS) is 12.0. The summed E-state index contributed by atoms with van der Waals surface area (Å²) in [6.45, 7) is 7.42. The maximum Gasteiger partial charge on any atom is 0.256 e. The summed E-state index contributed by atoms with van der Waals surface area (Å²) in [5, 5.41) is 7.36. The van der Waals surface area contributed by atoms with Gasteiger partial charge >= 0.3 is 0 Å². The van der Waals surface area contributed by atoms with Crippen molar-refractivity contribution in [2.75, 3.05) is 13.7 Å². The molecule has 0 saturated heterocycles. The zero-order chi connectivity index (χ0) is 16.1. The van der Waals surface area contributed by atoms with Crippen molar-refractivity contribution in [3.63, 3.8) is 0 Å². The van der Waals surface area contributed by atoms with E-state index in [0.29, 0.717) is 18.0 Å². The SMILES string of the molecule is COc1ncccc1C(=O)NCC(C)Cn1nc(C)cc1C. The second kappa shape index (κ2) is 7.06. The Morgan fingerprint density at radius 2 is 2.23 bits per heavy atom. The first-order valence-electron chi connectivity index (χ1n) is 7.29. The Balaban J connectivity index is 1.92. The third-order valence-corrected chi connectivity index (χ3v) is 3.41. The van der Waals surface area contributed by atoms with Crippen molar-refractivity contribution >= 4 is 5.91 Å². The number of pyridine rings is 1. The molecule has 2 rings (SSSR count). The van der Waals surface area contributed by atoms with Gasteiger partial charge in [0.2, 0.25) is 5.88 Å². The molecule has 0 aromatic carbocycles.